The molecule has 6 rings (SSSR count). The van der Waals surface area contributed by atoms with E-state index in [4.69, 9.17) is 9.47 Å². The predicted octanol–water partition coefficient (Wildman–Crippen LogP) is 4.09. The van der Waals surface area contributed by atoms with Crippen molar-refractivity contribution in [2.45, 2.75) is 44.9 Å². The molecule has 0 spiro atoms. The Morgan fingerprint density at radius 2 is 1.89 bits per heavy atom. The van der Waals surface area contributed by atoms with E-state index in [1.54, 1.807) is 20.0 Å². The van der Waals surface area contributed by atoms with Gasteiger partial charge in [-0.15, -0.1) is 0 Å². The lowest BCUT2D eigenvalue weighted by molar-refractivity contribution is -0.129. The topological polar surface area (TPSA) is 127 Å². The lowest BCUT2D eigenvalue weighted by Crippen LogP contribution is -2.45. The Kier molecular flexibility index (Phi) is 4.60. The second-order valence-corrected chi connectivity index (χ2v) is 9.44. The van der Waals surface area contributed by atoms with Crippen LogP contribution < -0.4 is 26.0 Å². The molecule has 35 heavy (non-hydrogen) atoms. The van der Waals surface area contributed by atoms with Gasteiger partial charge in [-0.25, -0.2) is 9.78 Å². The van der Waals surface area contributed by atoms with Crippen molar-refractivity contribution in [1.82, 2.24) is 15.3 Å². The van der Waals surface area contributed by atoms with E-state index < -0.39 is 5.60 Å². The van der Waals surface area contributed by atoms with Crippen LogP contribution in [-0.4, -0.2) is 33.7 Å². The second kappa shape index (κ2) is 7.59. The van der Waals surface area contributed by atoms with Crippen molar-refractivity contribution in [2.24, 2.45) is 0 Å². The van der Waals surface area contributed by atoms with Gasteiger partial charge in [0.15, 0.2) is 5.60 Å². The molecule has 2 aromatic carbocycles. The van der Waals surface area contributed by atoms with Crippen molar-refractivity contribution in [3.63, 3.8) is 0 Å². The van der Waals surface area contributed by atoms with Gasteiger partial charge in [-0.05, 0) is 62.2 Å². The van der Waals surface area contributed by atoms with E-state index in [2.05, 4.69) is 31.2 Å². The van der Waals surface area contributed by atoms with Crippen molar-refractivity contribution in [2.75, 3.05) is 16.0 Å². The standard InChI is InChI=1S/C25H24N6O4/c1-12-11-26-23(28-14-5-4-13-8-19-20(16(13)9-14)30-24(33)34-19)31-21(12)27-15-6-7-18-17(10-15)29-22(32)25(2,3)35-18/h4-7,9-11,19-20H,8H2,1-3H3,(H,29,32)(H,30,33)(H2,26,27,28,31)/t19-,20+/m1/s1. The molecular formula is C25H24N6O4. The highest BCUT2D eigenvalue weighted by Gasteiger charge is 2.41. The van der Waals surface area contributed by atoms with E-state index in [-0.39, 0.29) is 24.1 Å². The van der Waals surface area contributed by atoms with Gasteiger partial charge < -0.3 is 30.7 Å². The van der Waals surface area contributed by atoms with Gasteiger partial charge in [-0.2, -0.15) is 4.98 Å². The number of carbonyl (C=O) groups is 2. The number of nitrogens with one attached hydrogen (secondary N) is 4. The summed E-state index contributed by atoms with van der Waals surface area (Å²) in [5.41, 5.74) is 4.31. The van der Waals surface area contributed by atoms with Gasteiger partial charge in [0.1, 0.15) is 17.7 Å². The number of hydrogen-bond donors (Lipinski definition) is 4. The van der Waals surface area contributed by atoms with Gasteiger partial charge >= 0.3 is 6.09 Å². The molecule has 1 fully saturated rings. The van der Waals surface area contributed by atoms with Gasteiger partial charge in [0, 0.05) is 29.6 Å². The fourth-order valence-corrected chi connectivity index (χ4v) is 4.54. The fraction of sp³-hybridized carbons (Fsp3) is 0.280. The van der Waals surface area contributed by atoms with Crippen molar-refractivity contribution in [3.05, 3.63) is 59.3 Å². The quantitative estimate of drug-likeness (QED) is 0.447. The molecule has 10 nitrogen and oxygen atoms in total. The molecular weight excluding hydrogens is 448 g/mol. The number of aromatic nitrogens is 2. The highest BCUT2D eigenvalue weighted by molar-refractivity contribution is 6.00. The molecule has 1 saturated heterocycles. The van der Waals surface area contributed by atoms with Crippen molar-refractivity contribution in [1.29, 1.82) is 0 Å². The molecule has 4 N–H and O–H groups in total. The minimum absolute atomic E-state index is 0.130. The smallest absolute Gasteiger partial charge is 0.408 e. The summed E-state index contributed by atoms with van der Waals surface area (Å²) in [5, 5.41) is 12.3. The number of alkyl carbamates (subject to hydrolysis) is 1. The maximum absolute atomic E-state index is 12.3. The Balaban J connectivity index is 1.22. The molecule has 10 heteroatoms. The molecule has 178 valence electrons. The first-order valence-corrected chi connectivity index (χ1v) is 11.4. The summed E-state index contributed by atoms with van der Waals surface area (Å²) < 4.78 is 11.1. The molecule has 2 amide bonds. The maximum Gasteiger partial charge on any atom is 0.408 e. The number of hydrogen-bond acceptors (Lipinski definition) is 8. The largest absolute Gasteiger partial charge is 0.476 e. The van der Waals surface area contributed by atoms with E-state index in [0.717, 1.165) is 28.1 Å². The molecule has 3 heterocycles. The lowest BCUT2D eigenvalue weighted by atomic mass is 10.1. The number of carbonyl (C=O) groups excluding carboxylic acids is 2. The Morgan fingerprint density at radius 3 is 2.74 bits per heavy atom. The third kappa shape index (κ3) is 3.76. The van der Waals surface area contributed by atoms with Crippen molar-refractivity contribution >= 4 is 40.8 Å². The van der Waals surface area contributed by atoms with Gasteiger partial charge in [0.25, 0.3) is 5.91 Å². The van der Waals surface area contributed by atoms with Crippen LogP contribution in [0.1, 0.15) is 36.6 Å². The number of nitrogens with zero attached hydrogens (tertiary/aromatic N) is 2. The first-order chi connectivity index (χ1) is 16.7. The second-order valence-electron chi connectivity index (χ2n) is 9.44. The van der Waals surface area contributed by atoms with E-state index in [9.17, 15) is 9.59 Å². The summed E-state index contributed by atoms with van der Waals surface area (Å²) in [6.07, 6.45) is 1.91. The molecule has 1 aromatic heterocycles. The highest BCUT2D eigenvalue weighted by atomic mass is 16.6. The Morgan fingerprint density at radius 1 is 1.09 bits per heavy atom. The third-order valence-electron chi connectivity index (χ3n) is 6.44. The van der Waals surface area contributed by atoms with E-state index in [0.29, 0.717) is 29.6 Å². The van der Waals surface area contributed by atoms with Gasteiger partial charge in [0.2, 0.25) is 5.95 Å². The third-order valence-corrected chi connectivity index (χ3v) is 6.44. The van der Waals surface area contributed by atoms with Crippen LogP contribution in [-0.2, 0) is 16.0 Å². The van der Waals surface area contributed by atoms with Crippen LogP contribution in [0.5, 0.6) is 5.75 Å². The predicted molar refractivity (Wildman–Crippen MR) is 129 cm³/mol. The fourth-order valence-electron chi connectivity index (χ4n) is 4.54. The molecule has 2 atom stereocenters. The van der Waals surface area contributed by atoms with E-state index >= 15 is 0 Å². The summed E-state index contributed by atoms with van der Waals surface area (Å²) in [4.78, 5) is 32.9. The number of rotatable bonds is 4. The van der Waals surface area contributed by atoms with Gasteiger partial charge in [0.05, 0.1) is 11.7 Å². The molecule has 0 unspecified atom stereocenters. The molecule has 2 aliphatic heterocycles. The zero-order valence-corrected chi connectivity index (χ0v) is 19.4. The average molecular weight is 473 g/mol. The van der Waals surface area contributed by atoms with Crippen LogP contribution in [0.3, 0.4) is 0 Å². The van der Waals surface area contributed by atoms with Crippen LogP contribution in [0.2, 0.25) is 0 Å². The van der Waals surface area contributed by atoms with E-state index in [1.807, 2.05) is 43.3 Å². The van der Waals surface area contributed by atoms with E-state index in [1.165, 1.54) is 0 Å². The van der Waals surface area contributed by atoms with Crippen LogP contribution in [0, 0.1) is 6.92 Å². The number of fused-ring (bicyclic) bond motifs is 4. The molecule has 0 bridgehead atoms. The minimum Gasteiger partial charge on any atom is -0.476 e. The van der Waals surface area contributed by atoms with Crippen LogP contribution in [0.25, 0.3) is 0 Å². The number of anilines is 5. The molecule has 3 aliphatic rings. The number of aryl methyl sites for hydroxylation is 1. The van der Waals surface area contributed by atoms with Crippen LogP contribution in [0.4, 0.5) is 33.6 Å². The van der Waals surface area contributed by atoms with Crippen molar-refractivity contribution in [3.8, 4) is 5.75 Å². The molecule has 1 aliphatic carbocycles. The van der Waals surface area contributed by atoms with Crippen LogP contribution >= 0.6 is 0 Å². The molecule has 0 radical (unpaired) electrons. The Labute approximate surface area is 201 Å². The monoisotopic (exact) mass is 472 g/mol. The Hall–Kier alpha value is -4.34. The lowest BCUT2D eigenvalue weighted by Gasteiger charge is -2.31. The van der Waals surface area contributed by atoms with Crippen LogP contribution in [0.15, 0.2) is 42.6 Å². The summed E-state index contributed by atoms with van der Waals surface area (Å²) in [6.45, 7) is 5.37. The summed E-state index contributed by atoms with van der Waals surface area (Å²) in [5.74, 6) is 1.47. The first kappa shape index (κ1) is 21.2. The Bertz CT molecular complexity index is 1390. The minimum atomic E-state index is -0.916. The summed E-state index contributed by atoms with van der Waals surface area (Å²) >= 11 is 0. The number of benzene rings is 2. The highest BCUT2D eigenvalue weighted by Crippen LogP contribution is 2.39. The number of ether oxygens (including phenoxy) is 2. The summed E-state index contributed by atoms with van der Waals surface area (Å²) in [6, 6.07) is 11.4. The summed E-state index contributed by atoms with van der Waals surface area (Å²) in [7, 11) is 0. The average Bonchev–Trinajstić information content (AvgIpc) is 3.33. The number of amides is 2. The zero-order chi connectivity index (χ0) is 24.3. The molecule has 0 saturated carbocycles. The van der Waals surface area contributed by atoms with Gasteiger partial charge in [-0.1, -0.05) is 6.07 Å². The first-order valence-electron chi connectivity index (χ1n) is 11.4. The van der Waals surface area contributed by atoms with Crippen molar-refractivity contribution < 1.29 is 19.1 Å². The molecule has 3 aromatic rings. The van der Waals surface area contributed by atoms with Gasteiger partial charge in [-0.3, -0.25) is 4.79 Å². The zero-order valence-electron chi connectivity index (χ0n) is 19.4. The maximum atomic E-state index is 12.3. The SMILES string of the molecule is Cc1cnc(Nc2ccc3c(c2)[C@@H]2NC(=O)O[C@@H]2C3)nc1Nc1ccc2c(c1)NC(=O)C(C)(C)O2. The normalized spacial score (nSPS) is 21.0.